The summed E-state index contributed by atoms with van der Waals surface area (Å²) in [7, 11) is 0. The molecular formula is C21H13BrClN5O3. The second kappa shape index (κ2) is 8.66. The molecule has 10 heteroatoms. The Hall–Kier alpha value is -3.56. The molecular weight excluding hydrogens is 486 g/mol. The number of non-ortho nitro benzene ring substituents is 1. The largest absolute Gasteiger partial charge is 0.319 e. The molecule has 1 heterocycles. The zero-order valence-electron chi connectivity index (χ0n) is 15.7. The van der Waals surface area contributed by atoms with E-state index in [9.17, 15) is 14.9 Å². The number of nitrogens with one attached hydrogen (secondary N) is 1. The highest BCUT2D eigenvalue weighted by molar-refractivity contribution is 9.10. The summed E-state index contributed by atoms with van der Waals surface area (Å²) < 4.78 is 2.44. The van der Waals surface area contributed by atoms with E-state index in [1.807, 2.05) is 24.3 Å². The second-order valence-electron chi connectivity index (χ2n) is 6.42. The molecule has 0 radical (unpaired) electrons. The zero-order chi connectivity index (χ0) is 22.0. The van der Waals surface area contributed by atoms with Crippen LogP contribution in [0.3, 0.4) is 0 Å². The minimum Gasteiger partial charge on any atom is -0.319 e. The Bertz CT molecular complexity index is 1210. The van der Waals surface area contributed by atoms with Crippen molar-refractivity contribution < 1.29 is 9.72 Å². The second-order valence-corrected chi connectivity index (χ2v) is 7.77. The Morgan fingerprint density at radius 1 is 1.06 bits per heavy atom. The maximum atomic E-state index is 12.8. The van der Waals surface area contributed by atoms with E-state index < -0.39 is 10.8 Å². The summed E-state index contributed by atoms with van der Waals surface area (Å²) in [6, 6.07) is 20.0. The predicted octanol–water partition coefficient (Wildman–Crippen LogP) is 5.51. The Labute approximate surface area is 189 Å². The van der Waals surface area contributed by atoms with Gasteiger partial charge in [-0.3, -0.25) is 14.9 Å². The van der Waals surface area contributed by atoms with E-state index in [-0.39, 0.29) is 17.2 Å². The number of carbonyl (C=O) groups is 1. The number of aromatic nitrogens is 3. The number of rotatable bonds is 5. The van der Waals surface area contributed by atoms with E-state index in [0.29, 0.717) is 16.5 Å². The first kappa shape index (κ1) is 20.7. The molecule has 3 aromatic carbocycles. The first-order valence-electron chi connectivity index (χ1n) is 8.95. The highest BCUT2D eigenvalue weighted by atomic mass is 79.9. The summed E-state index contributed by atoms with van der Waals surface area (Å²) in [6.45, 7) is 0. The molecule has 4 aromatic rings. The normalized spacial score (nSPS) is 10.6. The number of nitro benzene ring substituents is 1. The Morgan fingerprint density at radius 2 is 1.77 bits per heavy atom. The highest BCUT2D eigenvalue weighted by Crippen LogP contribution is 2.25. The molecule has 31 heavy (non-hydrogen) atoms. The zero-order valence-corrected chi connectivity index (χ0v) is 18.0. The number of nitrogens with zero attached hydrogens (tertiary/aromatic N) is 4. The fraction of sp³-hybridized carbons (Fsp3) is 0. The van der Waals surface area contributed by atoms with E-state index in [0.717, 1.165) is 10.0 Å². The molecule has 1 N–H and O–H groups in total. The van der Waals surface area contributed by atoms with Gasteiger partial charge in [-0.15, -0.1) is 5.10 Å². The molecule has 0 unspecified atom stereocenters. The molecule has 154 valence electrons. The van der Waals surface area contributed by atoms with Crippen LogP contribution in [0, 0.1) is 10.1 Å². The third-order valence-electron chi connectivity index (χ3n) is 4.30. The number of hydrogen-bond donors (Lipinski definition) is 1. The molecule has 4 rings (SSSR count). The van der Waals surface area contributed by atoms with E-state index in [1.165, 1.54) is 18.2 Å². The monoisotopic (exact) mass is 497 g/mol. The quantitative estimate of drug-likeness (QED) is 0.289. The van der Waals surface area contributed by atoms with Crippen LogP contribution in [0.15, 0.2) is 77.3 Å². The first-order valence-corrected chi connectivity index (χ1v) is 10.1. The number of amides is 1. The fourth-order valence-corrected chi connectivity index (χ4v) is 3.23. The lowest BCUT2D eigenvalue weighted by molar-refractivity contribution is -0.384. The topological polar surface area (TPSA) is 103 Å². The van der Waals surface area contributed by atoms with Gasteiger partial charge >= 0.3 is 0 Å². The summed E-state index contributed by atoms with van der Waals surface area (Å²) >= 11 is 9.39. The minimum atomic E-state index is -0.591. The number of anilines is 1. The lowest BCUT2D eigenvalue weighted by atomic mass is 10.2. The average Bonchev–Trinajstić information content (AvgIpc) is 3.20. The molecule has 0 saturated carbocycles. The summed E-state index contributed by atoms with van der Waals surface area (Å²) in [4.78, 5) is 27.6. The summed E-state index contributed by atoms with van der Waals surface area (Å²) in [5.74, 6) is -0.218. The molecule has 8 nitrogen and oxygen atoms in total. The van der Waals surface area contributed by atoms with Gasteiger partial charge in [0.1, 0.15) is 0 Å². The van der Waals surface area contributed by atoms with Crippen LogP contribution in [0.25, 0.3) is 17.1 Å². The average molecular weight is 499 g/mol. The lowest BCUT2D eigenvalue weighted by Crippen LogP contribution is -2.14. The summed E-state index contributed by atoms with van der Waals surface area (Å²) in [6.07, 6.45) is 0. The third-order valence-corrected chi connectivity index (χ3v) is 5.08. The maximum absolute atomic E-state index is 12.8. The molecule has 1 amide bonds. The van der Waals surface area contributed by atoms with Crippen LogP contribution in [0.5, 0.6) is 0 Å². The van der Waals surface area contributed by atoms with Gasteiger partial charge in [0.25, 0.3) is 11.6 Å². The van der Waals surface area contributed by atoms with Crippen LogP contribution in [0.1, 0.15) is 10.6 Å². The van der Waals surface area contributed by atoms with Gasteiger partial charge in [0.05, 0.1) is 10.6 Å². The van der Waals surface area contributed by atoms with Crippen LogP contribution >= 0.6 is 27.5 Å². The lowest BCUT2D eigenvalue weighted by Gasteiger charge is -2.06. The molecule has 0 aliphatic rings. The van der Waals surface area contributed by atoms with Crippen LogP contribution < -0.4 is 5.32 Å². The SMILES string of the molecule is O=C(Nc1cccc([N+](=O)[O-])c1)c1nc(-c2ccc(Br)cc2)n(-c2ccc(Cl)cc2)n1. The molecule has 0 spiro atoms. The Morgan fingerprint density at radius 3 is 2.45 bits per heavy atom. The first-order chi connectivity index (χ1) is 14.9. The van der Waals surface area contributed by atoms with Gasteiger partial charge < -0.3 is 5.32 Å². The van der Waals surface area contributed by atoms with Crippen LogP contribution in [0.2, 0.25) is 5.02 Å². The van der Waals surface area contributed by atoms with E-state index in [2.05, 4.69) is 31.3 Å². The van der Waals surface area contributed by atoms with Crippen LogP contribution in [0.4, 0.5) is 11.4 Å². The minimum absolute atomic E-state index is 0.0839. The van der Waals surface area contributed by atoms with Crippen molar-refractivity contribution in [2.75, 3.05) is 5.32 Å². The van der Waals surface area contributed by atoms with Crippen molar-refractivity contribution in [3.05, 3.63) is 98.2 Å². The van der Waals surface area contributed by atoms with Gasteiger partial charge in [0.2, 0.25) is 5.82 Å². The van der Waals surface area contributed by atoms with E-state index in [1.54, 1.807) is 35.0 Å². The van der Waals surface area contributed by atoms with Crippen molar-refractivity contribution in [1.29, 1.82) is 0 Å². The highest BCUT2D eigenvalue weighted by Gasteiger charge is 2.19. The molecule has 0 saturated heterocycles. The molecule has 0 aliphatic carbocycles. The standard InChI is InChI=1S/C21H13BrClN5O3/c22-14-6-4-13(5-7-14)20-25-19(26-27(20)17-10-8-15(23)9-11-17)21(29)24-16-2-1-3-18(12-16)28(30)31/h1-12H,(H,24,29). The van der Waals surface area contributed by atoms with Gasteiger partial charge in [0, 0.05) is 32.9 Å². The Kier molecular flexibility index (Phi) is 5.79. The molecule has 0 fully saturated rings. The molecule has 0 atom stereocenters. The van der Waals surface area contributed by atoms with Gasteiger partial charge in [0.15, 0.2) is 5.82 Å². The number of carbonyl (C=O) groups excluding carboxylic acids is 1. The van der Waals surface area contributed by atoms with Gasteiger partial charge in [-0.1, -0.05) is 45.7 Å². The van der Waals surface area contributed by atoms with Crippen molar-refractivity contribution in [3.63, 3.8) is 0 Å². The van der Waals surface area contributed by atoms with Crippen molar-refractivity contribution in [2.24, 2.45) is 0 Å². The Balaban J connectivity index is 1.73. The number of nitro groups is 1. The molecule has 0 bridgehead atoms. The van der Waals surface area contributed by atoms with E-state index >= 15 is 0 Å². The van der Waals surface area contributed by atoms with Gasteiger partial charge in [-0.05, 0) is 42.5 Å². The van der Waals surface area contributed by atoms with Crippen LogP contribution in [-0.2, 0) is 0 Å². The number of benzene rings is 3. The van der Waals surface area contributed by atoms with Gasteiger partial charge in [-0.25, -0.2) is 9.67 Å². The van der Waals surface area contributed by atoms with Crippen molar-refractivity contribution in [3.8, 4) is 17.1 Å². The van der Waals surface area contributed by atoms with Gasteiger partial charge in [-0.2, -0.15) is 0 Å². The smallest absolute Gasteiger partial charge is 0.295 e. The molecule has 1 aromatic heterocycles. The van der Waals surface area contributed by atoms with Crippen molar-refractivity contribution in [1.82, 2.24) is 14.8 Å². The third kappa shape index (κ3) is 4.62. The maximum Gasteiger partial charge on any atom is 0.295 e. The number of halogens is 2. The predicted molar refractivity (Wildman–Crippen MR) is 121 cm³/mol. The van der Waals surface area contributed by atoms with E-state index in [4.69, 9.17) is 11.6 Å². The van der Waals surface area contributed by atoms with Crippen molar-refractivity contribution in [2.45, 2.75) is 0 Å². The summed E-state index contributed by atoms with van der Waals surface area (Å²) in [5.41, 5.74) is 1.56. The molecule has 0 aliphatic heterocycles. The van der Waals surface area contributed by atoms with Crippen molar-refractivity contribution >= 4 is 44.8 Å². The fourth-order valence-electron chi connectivity index (χ4n) is 2.84. The number of hydrogen-bond acceptors (Lipinski definition) is 5. The van der Waals surface area contributed by atoms with Crippen LogP contribution in [-0.4, -0.2) is 25.6 Å². The summed E-state index contributed by atoms with van der Waals surface area (Å²) in [5, 5.41) is 18.5.